The van der Waals surface area contributed by atoms with Gasteiger partial charge in [-0.2, -0.15) is 0 Å². The van der Waals surface area contributed by atoms with E-state index >= 15 is 0 Å². The number of benzene rings is 4. The van der Waals surface area contributed by atoms with Crippen molar-refractivity contribution in [2.24, 2.45) is 0 Å². The third-order valence-corrected chi connectivity index (χ3v) is 8.76. The Kier molecular flexibility index (Phi) is 9.57. The summed E-state index contributed by atoms with van der Waals surface area (Å²) in [7, 11) is -2.57. The summed E-state index contributed by atoms with van der Waals surface area (Å²) in [5.41, 5.74) is 3.89. The molecule has 4 rings (SSSR count). The van der Waals surface area contributed by atoms with Gasteiger partial charge < -0.3 is 10.2 Å². The number of carbonyl (C=O) groups is 2. The number of hydrogen-bond donors (Lipinski definition) is 1. The van der Waals surface area contributed by atoms with E-state index in [-0.39, 0.29) is 23.8 Å². The van der Waals surface area contributed by atoms with Gasteiger partial charge in [-0.15, -0.1) is 0 Å². The van der Waals surface area contributed by atoms with Crippen LogP contribution in [0.2, 0.25) is 0 Å². The quantitative estimate of drug-likeness (QED) is 0.279. The van der Waals surface area contributed by atoms with E-state index in [0.717, 1.165) is 21.0 Å². The molecule has 0 bridgehead atoms. The maximum atomic E-state index is 14.3. The van der Waals surface area contributed by atoms with E-state index in [1.807, 2.05) is 67.6 Å². The molecule has 4 aromatic rings. The van der Waals surface area contributed by atoms with Crippen LogP contribution in [-0.4, -0.2) is 44.8 Å². The number of para-hydroxylation sites is 1. The molecule has 0 radical (unpaired) electrons. The molecule has 41 heavy (non-hydrogen) atoms. The highest BCUT2D eigenvalue weighted by Gasteiger charge is 2.34. The molecule has 0 aliphatic carbocycles. The molecule has 1 unspecified atom stereocenters. The molecule has 212 valence electrons. The van der Waals surface area contributed by atoms with Crippen LogP contribution in [0.25, 0.3) is 0 Å². The van der Waals surface area contributed by atoms with Gasteiger partial charge in [0.05, 0.1) is 10.6 Å². The number of sulfonamides is 1. The lowest BCUT2D eigenvalue weighted by Gasteiger charge is -2.34. The van der Waals surface area contributed by atoms with Gasteiger partial charge in [0.1, 0.15) is 12.6 Å². The normalized spacial score (nSPS) is 11.9. The van der Waals surface area contributed by atoms with E-state index in [1.165, 1.54) is 24.1 Å². The smallest absolute Gasteiger partial charge is 0.264 e. The van der Waals surface area contributed by atoms with Crippen molar-refractivity contribution >= 4 is 27.5 Å². The summed E-state index contributed by atoms with van der Waals surface area (Å²) < 4.78 is 29.1. The van der Waals surface area contributed by atoms with E-state index in [4.69, 9.17) is 0 Å². The molecule has 0 aliphatic heterocycles. The van der Waals surface area contributed by atoms with Gasteiger partial charge in [0, 0.05) is 20.0 Å². The average molecular weight is 570 g/mol. The van der Waals surface area contributed by atoms with E-state index in [9.17, 15) is 18.0 Å². The standard InChI is InChI=1S/C33H35N3O4S/c1-25-18-20-28(21-19-25)23-35(31(33(38)34-3)22-27-13-6-4-7-14-27)32(37)24-36(30-17-11-10-12-26(30)2)41(39,40)29-15-8-5-9-16-29/h4-21,31H,22-24H2,1-3H3,(H,34,38). The maximum Gasteiger partial charge on any atom is 0.264 e. The van der Waals surface area contributed by atoms with E-state index in [1.54, 1.807) is 43.3 Å². The molecular weight excluding hydrogens is 534 g/mol. The fourth-order valence-electron chi connectivity index (χ4n) is 4.69. The second-order valence-corrected chi connectivity index (χ2v) is 11.8. The van der Waals surface area contributed by atoms with Crippen molar-refractivity contribution in [1.82, 2.24) is 10.2 Å². The van der Waals surface area contributed by atoms with Gasteiger partial charge in [-0.3, -0.25) is 13.9 Å². The van der Waals surface area contributed by atoms with Gasteiger partial charge in [-0.1, -0.05) is 96.6 Å². The van der Waals surface area contributed by atoms with E-state index in [0.29, 0.717) is 11.3 Å². The zero-order chi connectivity index (χ0) is 29.4. The van der Waals surface area contributed by atoms with Crippen LogP contribution in [0.4, 0.5) is 5.69 Å². The van der Waals surface area contributed by atoms with Gasteiger partial charge in [0.25, 0.3) is 10.0 Å². The van der Waals surface area contributed by atoms with Crippen molar-refractivity contribution in [2.45, 2.75) is 37.8 Å². The first kappa shape index (κ1) is 29.6. The molecule has 7 nitrogen and oxygen atoms in total. The summed E-state index contributed by atoms with van der Waals surface area (Å²) in [6, 6.07) is 31.4. The fourth-order valence-corrected chi connectivity index (χ4v) is 6.19. The van der Waals surface area contributed by atoms with Gasteiger partial charge in [-0.25, -0.2) is 8.42 Å². The highest BCUT2D eigenvalue weighted by atomic mass is 32.2. The van der Waals surface area contributed by atoms with E-state index < -0.39 is 28.5 Å². The number of nitrogens with zero attached hydrogens (tertiary/aromatic N) is 2. The SMILES string of the molecule is CNC(=O)C(Cc1ccccc1)N(Cc1ccc(C)cc1)C(=O)CN(c1ccccc1C)S(=O)(=O)c1ccccc1. The summed E-state index contributed by atoms with van der Waals surface area (Å²) in [4.78, 5) is 29.1. The Morgan fingerprint density at radius 3 is 1.95 bits per heavy atom. The average Bonchev–Trinajstić information content (AvgIpc) is 2.99. The van der Waals surface area contributed by atoms with Gasteiger partial charge in [0.15, 0.2) is 0 Å². The number of rotatable bonds is 11. The number of carbonyl (C=O) groups excluding carboxylic acids is 2. The number of amides is 2. The predicted octanol–water partition coefficient (Wildman–Crippen LogP) is 4.88. The molecule has 1 N–H and O–H groups in total. The fraction of sp³-hybridized carbons (Fsp3) is 0.212. The van der Waals surface area contributed by atoms with Crippen LogP contribution >= 0.6 is 0 Å². The summed E-state index contributed by atoms with van der Waals surface area (Å²) in [5, 5.41) is 2.70. The summed E-state index contributed by atoms with van der Waals surface area (Å²) in [6.07, 6.45) is 0.272. The molecule has 1 atom stereocenters. The van der Waals surface area contributed by atoms with Gasteiger partial charge in [-0.05, 0) is 48.7 Å². The highest BCUT2D eigenvalue weighted by molar-refractivity contribution is 7.92. The van der Waals surface area contributed by atoms with E-state index in [2.05, 4.69) is 5.32 Å². The molecule has 2 amide bonds. The Morgan fingerprint density at radius 2 is 1.34 bits per heavy atom. The molecule has 0 saturated heterocycles. The first-order valence-electron chi connectivity index (χ1n) is 13.4. The molecular formula is C33H35N3O4S. The minimum absolute atomic E-state index is 0.0771. The second-order valence-electron chi connectivity index (χ2n) is 9.94. The number of likely N-dealkylation sites (N-methyl/N-ethyl adjacent to an activating group) is 1. The molecule has 0 aliphatic rings. The lowest BCUT2D eigenvalue weighted by Crippen LogP contribution is -2.53. The Hall–Kier alpha value is -4.43. The molecule has 0 heterocycles. The Morgan fingerprint density at radius 1 is 0.756 bits per heavy atom. The van der Waals surface area contributed by atoms with Crippen LogP contribution in [0.15, 0.2) is 114 Å². The Bertz CT molecular complexity index is 1570. The molecule has 0 spiro atoms. The summed E-state index contributed by atoms with van der Waals surface area (Å²) in [6.45, 7) is 3.44. The zero-order valence-electron chi connectivity index (χ0n) is 23.5. The van der Waals surface area contributed by atoms with Crippen LogP contribution < -0.4 is 9.62 Å². The monoisotopic (exact) mass is 569 g/mol. The van der Waals surface area contributed by atoms with Crippen LogP contribution in [0.1, 0.15) is 22.3 Å². The third-order valence-electron chi connectivity index (χ3n) is 6.99. The number of anilines is 1. The number of hydrogen-bond acceptors (Lipinski definition) is 4. The Balaban J connectivity index is 1.78. The second kappa shape index (κ2) is 13.3. The predicted molar refractivity (Wildman–Crippen MR) is 162 cm³/mol. The molecule has 0 saturated carbocycles. The van der Waals surface area contributed by atoms with Gasteiger partial charge in [0.2, 0.25) is 11.8 Å². The molecule has 0 aromatic heterocycles. The molecule has 4 aromatic carbocycles. The zero-order valence-corrected chi connectivity index (χ0v) is 24.3. The highest BCUT2D eigenvalue weighted by Crippen LogP contribution is 2.27. The lowest BCUT2D eigenvalue weighted by atomic mass is 10.0. The number of aryl methyl sites for hydroxylation is 2. The maximum absolute atomic E-state index is 14.3. The Labute approximate surface area is 242 Å². The van der Waals surface area contributed by atoms with Gasteiger partial charge >= 0.3 is 0 Å². The third kappa shape index (κ3) is 7.21. The largest absolute Gasteiger partial charge is 0.357 e. The first-order chi connectivity index (χ1) is 19.7. The minimum atomic E-state index is -4.11. The van der Waals surface area contributed by atoms with Crippen molar-refractivity contribution in [3.05, 3.63) is 131 Å². The van der Waals surface area contributed by atoms with Crippen molar-refractivity contribution in [2.75, 3.05) is 17.9 Å². The summed E-state index contributed by atoms with van der Waals surface area (Å²) >= 11 is 0. The summed E-state index contributed by atoms with van der Waals surface area (Å²) in [5.74, 6) is -0.819. The molecule has 0 fully saturated rings. The topological polar surface area (TPSA) is 86.8 Å². The van der Waals surface area contributed by atoms with Crippen molar-refractivity contribution in [3.63, 3.8) is 0 Å². The van der Waals surface area contributed by atoms with Crippen LogP contribution in [0.3, 0.4) is 0 Å². The van der Waals surface area contributed by atoms with Crippen LogP contribution in [0, 0.1) is 13.8 Å². The van der Waals surface area contributed by atoms with Crippen molar-refractivity contribution in [3.8, 4) is 0 Å². The van der Waals surface area contributed by atoms with Crippen LogP contribution in [0.5, 0.6) is 0 Å². The number of nitrogens with one attached hydrogen (secondary N) is 1. The van der Waals surface area contributed by atoms with Crippen molar-refractivity contribution < 1.29 is 18.0 Å². The van der Waals surface area contributed by atoms with Crippen molar-refractivity contribution in [1.29, 1.82) is 0 Å². The molecule has 8 heteroatoms. The lowest BCUT2D eigenvalue weighted by molar-refractivity contribution is -0.139. The first-order valence-corrected chi connectivity index (χ1v) is 14.9. The van der Waals surface area contributed by atoms with Crippen LogP contribution in [-0.2, 0) is 32.6 Å². The minimum Gasteiger partial charge on any atom is -0.357 e.